The van der Waals surface area contributed by atoms with Crippen molar-refractivity contribution in [3.05, 3.63) is 105 Å². The van der Waals surface area contributed by atoms with Crippen LogP contribution in [-0.4, -0.2) is 24.6 Å². The van der Waals surface area contributed by atoms with E-state index in [0.717, 1.165) is 24.5 Å². The summed E-state index contributed by atoms with van der Waals surface area (Å²) in [7, 11) is 0. The number of hydroxylamine groups is 1. The Kier molecular flexibility index (Phi) is 9.12. The lowest BCUT2D eigenvalue weighted by atomic mass is 9.85. The molecule has 0 radical (unpaired) electrons. The van der Waals surface area contributed by atoms with E-state index in [9.17, 15) is 35.9 Å². The van der Waals surface area contributed by atoms with Crippen LogP contribution < -0.4 is 10.2 Å². The summed E-state index contributed by atoms with van der Waals surface area (Å²) in [6.07, 6.45) is -6.24. The fourth-order valence-electron chi connectivity index (χ4n) is 4.95. The zero-order chi connectivity index (χ0) is 31.5. The van der Waals surface area contributed by atoms with Crippen LogP contribution in [-0.2, 0) is 35.0 Å². The molecule has 1 aliphatic heterocycles. The van der Waals surface area contributed by atoms with Crippen LogP contribution in [0, 0.1) is 0 Å². The van der Waals surface area contributed by atoms with Gasteiger partial charge in [-0.3, -0.25) is 9.59 Å². The molecule has 1 atom stereocenters. The molecule has 3 aromatic rings. The van der Waals surface area contributed by atoms with Gasteiger partial charge in [0.1, 0.15) is 12.4 Å². The van der Waals surface area contributed by atoms with Crippen molar-refractivity contribution in [2.24, 2.45) is 0 Å². The standard InChI is InChI=1S/C32H27F6NO5/c33-31(34,35)24-14-20(15-25(17-24)32(36,37)38)13-23-9-8-22-16-26(10-11-27(22)29(23)40)43-18-19-4-6-21(7-5-19)30(41)39-44-28-3-1-2-12-42-28/h4-7,10-11,13-17,28H,1-3,8-9,12,18H2,(H,39,41). The quantitative estimate of drug-likeness (QED) is 0.167. The van der Waals surface area contributed by atoms with Crippen LogP contribution in [0.25, 0.3) is 6.08 Å². The number of ketones is 1. The Balaban J connectivity index is 1.22. The SMILES string of the molecule is O=C(NOC1CCCCO1)c1ccc(COc2ccc3c(c2)CCC(=Cc2cc(C(F)(F)F)cc(C(F)(F)F)c2)C3=O)cc1. The van der Waals surface area contributed by atoms with Crippen LogP contribution in [0.15, 0.2) is 66.2 Å². The Morgan fingerprint density at radius 2 is 1.61 bits per heavy atom. The number of alkyl halides is 6. The molecule has 1 N–H and O–H groups in total. The van der Waals surface area contributed by atoms with Gasteiger partial charge in [-0.05, 0) is 97.0 Å². The number of aryl methyl sites for hydroxylation is 1. The molecule has 1 aliphatic carbocycles. The summed E-state index contributed by atoms with van der Waals surface area (Å²) in [6, 6.07) is 12.7. The number of hydrogen-bond acceptors (Lipinski definition) is 5. The highest BCUT2D eigenvalue weighted by atomic mass is 19.4. The Morgan fingerprint density at radius 1 is 0.909 bits per heavy atom. The summed E-state index contributed by atoms with van der Waals surface area (Å²) >= 11 is 0. The van der Waals surface area contributed by atoms with Crippen LogP contribution >= 0.6 is 0 Å². The van der Waals surface area contributed by atoms with E-state index in [1.165, 1.54) is 6.07 Å². The first kappa shape index (κ1) is 31.3. The third kappa shape index (κ3) is 7.67. The van der Waals surface area contributed by atoms with Crippen LogP contribution in [0.4, 0.5) is 26.3 Å². The largest absolute Gasteiger partial charge is 0.489 e. The number of carbonyl (C=O) groups excluding carboxylic acids is 2. The number of halogens is 6. The number of amides is 1. The third-order valence-electron chi connectivity index (χ3n) is 7.27. The Labute approximate surface area is 248 Å². The van der Waals surface area contributed by atoms with Gasteiger partial charge in [0.2, 0.25) is 0 Å². The predicted molar refractivity (Wildman–Crippen MR) is 146 cm³/mol. The number of nitrogens with one attached hydrogen (secondary N) is 1. The first-order valence-corrected chi connectivity index (χ1v) is 13.8. The van der Waals surface area contributed by atoms with E-state index in [1.807, 2.05) is 0 Å². The third-order valence-corrected chi connectivity index (χ3v) is 7.27. The van der Waals surface area contributed by atoms with Gasteiger partial charge in [-0.15, -0.1) is 0 Å². The maximum atomic E-state index is 13.2. The second-order valence-corrected chi connectivity index (χ2v) is 10.5. The lowest BCUT2D eigenvalue weighted by Gasteiger charge is -2.22. The second kappa shape index (κ2) is 12.8. The van der Waals surface area contributed by atoms with Crippen LogP contribution in [0.3, 0.4) is 0 Å². The molecule has 0 saturated carbocycles. The van der Waals surface area contributed by atoms with Crippen molar-refractivity contribution in [3.8, 4) is 5.75 Å². The molecule has 5 rings (SSSR count). The summed E-state index contributed by atoms with van der Waals surface area (Å²) in [5.74, 6) is -0.413. The van der Waals surface area contributed by atoms with Crippen molar-refractivity contribution in [2.75, 3.05) is 6.61 Å². The van der Waals surface area contributed by atoms with Crippen molar-refractivity contribution < 1.29 is 50.2 Å². The number of allylic oxidation sites excluding steroid dienone is 1. The molecule has 232 valence electrons. The van der Waals surface area contributed by atoms with Crippen molar-refractivity contribution >= 4 is 17.8 Å². The average molecular weight is 620 g/mol. The van der Waals surface area contributed by atoms with E-state index >= 15 is 0 Å². The molecule has 3 aromatic carbocycles. The zero-order valence-electron chi connectivity index (χ0n) is 23.2. The summed E-state index contributed by atoms with van der Waals surface area (Å²) in [5.41, 5.74) is 1.38. The van der Waals surface area contributed by atoms with Gasteiger partial charge in [0.15, 0.2) is 12.1 Å². The molecule has 12 heteroatoms. The lowest BCUT2D eigenvalue weighted by Crippen LogP contribution is -2.33. The molecule has 1 saturated heterocycles. The number of ether oxygens (including phenoxy) is 2. The van der Waals surface area contributed by atoms with Crippen LogP contribution in [0.1, 0.15) is 74.2 Å². The minimum Gasteiger partial charge on any atom is -0.489 e. The summed E-state index contributed by atoms with van der Waals surface area (Å²) in [4.78, 5) is 30.7. The number of hydrogen-bond donors (Lipinski definition) is 1. The van der Waals surface area contributed by atoms with Gasteiger partial charge in [0.05, 0.1) is 11.1 Å². The maximum Gasteiger partial charge on any atom is 0.416 e. The fraction of sp³-hybridized carbons (Fsp3) is 0.312. The molecule has 1 unspecified atom stereocenters. The highest BCUT2D eigenvalue weighted by Crippen LogP contribution is 2.37. The lowest BCUT2D eigenvalue weighted by molar-refractivity contribution is -0.186. The van der Waals surface area contributed by atoms with Gasteiger partial charge in [-0.25, -0.2) is 10.3 Å². The van der Waals surface area contributed by atoms with Crippen LogP contribution in [0.2, 0.25) is 0 Å². The number of Topliss-reactive ketones (excluding diaryl/α,β-unsaturated/α-hetero) is 1. The molecule has 1 fully saturated rings. The molecule has 0 bridgehead atoms. The Hall–Kier alpha value is -4.16. The highest BCUT2D eigenvalue weighted by Gasteiger charge is 2.37. The summed E-state index contributed by atoms with van der Waals surface area (Å²) in [6.45, 7) is 0.759. The minimum absolute atomic E-state index is 0.0518. The fourth-order valence-corrected chi connectivity index (χ4v) is 4.95. The topological polar surface area (TPSA) is 73.9 Å². The molecule has 0 aromatic heterocycles. The van der Waals surface area contributed by atoms with E-state index in [0.29, 0.717) is 54.0 Å². The zero-order valence-corrected chi connectivity index (χ0v) is 23.2. The molecule has 1 amide bonds. The molecule has 0 spiro atoms. The number of carbonyl (C=O) groups is 2. The second-order valence-electron chi connectivity index (χ2n) is 10.5. The highest BCUT2D eigenvalue weighted by molar-refractivity contribution is 6.13. The van der Waals surface area contributed by atoms with Gasteiger partial charge in [-0.2, -0.15) is 26.3 Å². The molecular formula is C32H27F6NO5. The Morgan fingerprint density at radius 3 is 2.25 bits per heavy atom. The van der Waals surface area contributed by atoms with Gasteiger partial charge in [-0.1, -0.05) is 12.1 Å². The monoisotopic (exact) mass is 619 g/mol. The molecular weight excluding hydrogens is 592 g/mol. The first-order chi connectivity index (χ1) is 20.9. The first-order valence-electron chi connectivity index (χ1n) is 13.8. The minimum atomic E-state index is -4.98. The normalized spacial score (nSPS) is 18.2. The molecule has 2 aliphatic rings. The smallest absolute Gasteiger partial charge is 0.416 e. The van der Waals surface area contributed by atoms with Crippen molar-refractivity contribution in [1.29, 1.82) is 0 Å². The van der Waals surface area contributed by atoms with Crippen molar-refractivity contribution in [3.63, 3.8) is 0 Å². The molecule has 44 heavy (non-hydrogen) atoms. The predicted octanol–water partition coefficient (Wildman–Crippen LogP) is 7.70. The van der Waals surface area contributed by atoms with E-state index in [4.69, 9.17) is 14.3 Å². The average Bonchev–Trinajstić information content (AvgIpc) is 3.00. The summed E-state index contributed by atoms with van der Waals surface area (Å²) in [5, 5.41) is 0. The molecule has 6 nitrogen and oxygen atoms in total. The summed E-state index contributed by atoms with van der Waals surface area (Å²) < 4.78 is 90.7. The van der Waals surface area contributed by atoms with Crippen molar-refractivity contribution in [1.82, 2.24) is 5.48 Å². The van der Waals surface area contributed by atoms with E-state index < -0.39 is 41.5 Å². The number of fused-ring (bicyclic) bond motifs is 1. The Bertz CT molecular complexity index is 1520. The maximum absolute atomic E-state index is 13.2. The van der Waals surface area contributed by atoms with Gasteiger partial charge < -0.3 is 9.47 Å². The van der Waals surface area contributed by atoms with Gasteiger partial charge >= 0.3 is 12.4 Å². The van der Waals surface area contributed by atoms with Crippen LogP contribution in [0.5, 0.6) is 5.75 Å². The van der Waals surface area contributed by atoms with Gasteiger partial charge in [0.25, 0.3) is 5.91 Å². The van der Waals surface area contributed by atoms with E-state index in [-0.39, 0.29) is 30.2 Å². The van der Waals surface area contributed by atoms with Gasteiger partial charge in [0, 0.05) is 29.7 Å². The van der Waals surface area contributed by atoms with E-state index in [1.54, 1.807) is 36.4 Å². The van der Waals surface area contributed by atoms with Crippen molar-refractivity contribution in [2.45, 2.75) is 57.4 Å². The number of rotatable bonds is 7. The number of benzene rings is 3. The molecule has 1 heterocycles. The van der Waals surface area contributed by atoms with E-state index in [2.05, 4.69) is 5.48 Å².